The molecule has 13 heteroatoms. The minimum Gasteiger partial charge on any atom is -0.450 e. The molecule has 33 heavy (non-hydrogen) atoms. The molecule has 0 spiro atoms. The Kier molecular flexibility index (Phi) is 8.07. The number of ether oxygens (including phenoxy) is 3. The number of nitrogens with zero attached hydrogens (tertiary/aromatic N) is 2. The molecule has 1 aromatic heterocycles. The highest BCUT2D eigenvalue weighted by atomic mass is 31.0. The molecule has 1 aromatic carbocycles. The van der Waals surface area contributed by atoms with E-state index in [1.807, 2.05) is 0 Å². The van der Waals surface area contributed by atoms with Crippen LogP contribution in [-0.4, -0.2) is 45.6 Å². The number of benzene rings is 1. The van der Waals surface area contributed by atoms with Crippen molar-refractivity contribution in [1.29, 1.82) is 0 Å². The molecule has 1 amide bonds. The number of amides is 1. The summed E-state index contributed by atoms with van der Waals surface area (Å²) in [6.07, 6.45) is -6.82. The van der Waals surface area contributed by atoms with Gasteiger partial charge in [0.15, 0.2) is 0 Å². The number of alkyl carbamates (subject to hydrolysis) is 1. The fourth-order valence-corrected chi connectivity index (χ4v) is 2.77. The maximum atomic E-state index is 12.3. The lowest BCUT2D eigenvalue weighted by molar-refractivity contribution is -0.274. The topological polar surface area (TPSA) is 113 Å². The van der Waals surface area contributed by atoms with E-state index in [4.69, 9.17) is 13.9 Å². The standard InChI is InChI=1S/C20H23F3N3O6P/c1-10(33)14(24-18(28)32-19(3,4)5)15(29-11(2)27)17-26-25-16(30-17)12-6-8-13(9-7-12)31-20(21,22)23/h6-9,14-15,33H,1-5H3,(H,24,28)/t14-,15?/m0/s1. The van der Waals surface area contributed by atoms with E-state index in [1.54, 1.807) is 27.7 Å². The molecule has 180 valence electrons. The van der Waals surface area contributed by atoms with Crippen molar-refractivity contribution in [2.75, 3.05) is 0 Å². The van der Waals surface area contributed by atoms with Gasteiger partial charge >= 0.3 is 18.4 Å². The molecule has 0 aliphatic rings. The van der Waals surface area contributed by atoms with Crippen molar-refractivity contribution < 1.29 is 41.4 Å². The van der Waals surface area contributed by atoms with E-state index in [0.29, 0.717) is 10.9 Å². The van der Waals surface area contributed by atoms with Gasteiger partial charge in [0.1, 0.15) is 17.4 Å². The maximum Gasteiger partial charge on any atom is 0.573 e. The summed E-state index contributed by atoms with van der Waals surface area (Å²) in [5.74, 6) is -1.32. The van der Waals surface area contributed by atoms with E-state index < -0.39 is 41.9 Å². The third-order valence-electron chi connectivity index (χ3n) is 3.75. The third kappa shape index (κ3) is 8.38. The van der Waals surface area contributed by atoms with Gasteiger partial charge in [0.05, 0.1) is 0 Å². The number of esters is 1. The quantitative estimate of drug-likeness (QED) is 0.448. The average molecular weight is 489 g/mol. The minimum atomic E-state index is -4.82. The van der Waals surface area contributed by atoms with Gasteiger partial charge in [0, 0.05) is 12.5 Å². The largest absolute Gasteiger partial charge is 0.573 e. The van der Waals surface area contributed by atoms with E-state index in [-0.39, 0.29) is 11.8 Å². The Labute approximate surface area is 189 Å². The van der Waals surface area contributed by atoms with Gasteiger partial charge in [0.2, 0.25) is 12.0 Å². The summed E-state index contributed by atoms with van der Waals surface area (Å²) in [6, 6.07) is 3.79. The molecule has 2 rings (SSSR count). The normalized spacial score (nSPS) is 13.6. The Morgan fingerprint density at radius 1 is 1.09 bits per heavy atom. The van der Waals surface area contributed by atoms with Crippen molar-refractivity contribution in [3.63, 3.8) is 0 Å². The lowest BCUT2D eigenvalue weighted by Gasteiger charge is -2.27. The van der Waals surface area contributed by atoms with Crippen LogP contribution in [0.1, 0.15) is 46.6 Å². The van der Waals surface area contributed by atoms with Gasteiger partial charge < -0.3 is 23.9 Å². The number of alkyl halides is 3. The highest BCUT2D eigenvalue weighted by Gasteiger charge is 2.35. The van der Waals surface area contributed by atoms with Gasteiger partial charge in [-0.1, -0.05) is 0 Å². The molecule has 0 aliphatic heterocycles. The number of carbonyl (C=O) groups excluding carboxylic acids is 2. The zero-order valence-corrected chi connectivity index (χ0v) is 19.4. The number of hydrogen-bond acceptors (Lipinski definition) is 8. The van der Waals surface area contributed by atoms with Gasteiger partial charge in [-0.25, -0.2) is 4.79 Å². The lowest BCUT2D eigenvalue weighted by atomic mass is 10.1. The molecule has 2 atom stereocenters. The second-order valence-electron chi connectivity index (χ2n) is 7.85. The van der Waals surface area contributed by atoms with Crippen molar-refractivity contribution in [3.8, 4) is 17.2 Å². The second kappa shape index (κ2) is 10.2. The molecule has 0 bridgehead atoms. The van der Waals surface area contributed by atoms with Crippen LogP contribution in [0.15, 0.2) is 28.7 Å². The molecule has 0 fully saturated rings. The SMILES string of the molecule is CC(=O)OC(c1nnc(-c2ccc(OC(F)(F)F)cc2)o1)[C@@H](NC(=O)OC(C)(C)C)C(C)=P. The zero-order chi connectivity index (χ0) is 25.0. The molecular formula is C20H23F3N3O6P. The Morgan fingerprint density at radius 3 is 2.18 bits per heavy atom. The summed E-state index contributed by atoms with van der Waals surface area (Å²) in [6.45, 7) is 7.84. The van der Waals surface area contributed by atoms with E-state index >= 15 is 0 Å². The zero-order valence-electron chi connectivity index (χ0n) is 18.4. The van der Waals surface area contributed by atoms with Gasteiger partial charge in [-0.05, 0) is 57.3 Å². The summed E-state index contributed by atoms with van der Waals surface area (Å²) < 4.78 is 57.0. The predicted molar refractivity (Wildman–Crippen MR) is 113 cm³/mol. The maximum absolute atomic E-state index is 12.3. The Bertz CT molecular complexity index is 1000. The first-order valence-corrected chi connectivity index (χ1v) is 10.1. The van der Waals surface area contributed by atoms with Crippen molar-refractivity contribution >= 4 is 26.2 Å². The fraction of sp³-hybridized carbons (Fsp3) is 0.450. The molecule has 1 unspecified atom stereocenters. The van der Waals surface area contributed by atoms with Crippen molar-refractivity contribution in [2.24, 2.45) is 0 Å². The van der Waals surface area contributed by atoms with Crippen LogP contribution in [0.3, 0.4) is 0 Å². The van der Waals surface area contributed by atoms with Crippen molar-refractivity contribution in [2.45, 2.75) is 58.7 Å². The second-order valence-corrected chi connectivity index (χ2v) is 8.64. The van der Waals surface area contributed by atoms with Crippen LogP contribution in [0.4, 0.5) is 18.0 Å². The molecule has 0 saturated heterocycles. The Balaban J connectivity index is 2.30. The number of rotatable bonds is 7. The summed E-state index contributed by atoms with van der Waals surface area (Å²) in [4.78, 5) is 24.0. The molecule has 0 aliphatic carbocycles. The van der Waals surface area contributed by atoms with Crippen LogP contribution in [0, 0.1) is 0 Å². The summed E-state index contributed by atoms with van der Waals surface area (Å²) in [5.41, 5.74) is -0.481. The van der Waals surface area contributed by atoms with Crippen LogP contribution in [0.2, 0.25) is 0 Å². The van der Waals surface area contributed by atoms with Gasteiger partial charge in [-0.15, -0.1) is 32.2 Å². The fourth-order valence-electron chi connectivity index (χ4n) is 2.55. The molecule has 9 nitrogen and oxygen atoms in total. The molecule has 1 heterocycles. The van der Waals surface area contributed by atoms with E-state index in [2.05, 4.69) is 29.1 Å². The van der Waals surface area contributed by atoms with E-state index in [0.717, 1.165) is 19.1 Å². The Hall–Kier alpha value is -3.14. The molecule has 1 N–H and O–H groups in total. The van der Waals surface area contributed by atoms with Gasteiger partial charge in [-0.2, -0.15) is 0 Å². The molecule has 0 radical (unpaired) electrons. The highest BCUT2D eigenvalue weighted by Crippen LogP contribution is 2.29. The first-order chi connectivity index (χ1) is 15.1. The van der Waals surface area contributed by atoms with E-state index in [1.165, 1.54) is 12.1 Å². The highest BCUT2D eigenvalue weighted by molar-refractivity contribution is 7.21. The number of carbonyl (C=O) groups is 2. The molecule has 2 aromatic rings. The van der Waals surface area contributed by atoms with E-state index in [9.17, 15) is 22.8 Å². The number of halogens is 3. The molecular weight excluding hydrogens is 466 g/mol. The number of aromatic nitrogens is 2. The molecule has 0 saturated carbocycles. The number of hydrogen-bond donors (Lipinski definition) is 1. The summed E-state index contributed by atoms with van der Waals surface area (Å²) in [7, 11) is 3.34. The third-order valence-corrected chi connectivity index (χ3v) is 4.06. The predicted octanol–water partition coefficient (Wildman–Crippen LogP) is 4.47. The smallest absolute Gasteiger partial charge is 0.450 e. The first-order valence-electron chi connectivity index (χ1n) is 9.56. The number of nitrogens with one attached hydrogen (secondary N) is 1. The van der Waals surface area contributed by atoms with Crippen LogP contribution >= 0.6 is 8.86 Å². The van der Waals surface area contributed by atoms with Crippen LogP contribution < -0.4 is 10.1 Å². The van der Waals surface area contributed by atoms with Gasteiger partial charge in [-0.3, -0.25) is 4.79 Å². The minimum absolute atomic E-state index is 0.0525. The lowest BCUT2D eigenvalue weighted by Crippen LogP contribution is -2.46. The Morgan fingerprint density at radius 2 is 1.70 bits per heavy atom. The van der Waals surface area contributed by atoms with Crippen LogP contribution in [0.5, 0.6) is 5.75 Å². The van der Waals surface area contributed by atoms with Crippen LogP contribution in [-0.2, 0) is 14.3 Å². The van der Waals surface area contributed by atoms with Crippen LogP contribution in [0.25, 0.3) is 11.5 Å². The first kappa shape index (κ1) is 26.1. The summed E-state index contributed by atoms with van der Waals surface area (Å²) in [5, 5.41) is 10.8. The van der Waals surface area contributed by atoms with Crippen molar-refractivity contribution in [3.05, 3.63) is 30.2 Å². The van der Waals surface area contributed by atoms with Gasteiger partial charge in [0.25, 0.3) is 5.89 Å². The monoisotopic (exact) mass is 489 g/mol. The average Bonchev–Trinajstić information content (AvgIpc) is 3.12. The summed E-state index contributed by atoms with van der Waals surface area (Å²) >= 11 is 0. The van der Waals surface area contributed by atoms with Crippen molar-refractivity contribution in [1.82, 2.24) is 15.5 Å².